The van der Waals surface area contributed by atoms with E-state index in [4.69, 9.17) is 4.74 Å². The van der Waals surface area contributed by atoms with Crippen molar-refractivity contribution in [1.29, 1.82) is 0 Å². The molecule has 1 aliphatic rings. The van der Waals surface area contributed by atoms with Crippen molar-refractivity contribution in [3.8, 4) is 5.75 Å². The van der Waals surface area contributed by atoms with Crippen molar-refractivity contribution in [2.45, 2.75) is 43.9 Å². The average molecular weight is 333 g/mol. The van der Waals surface area contributed by atoms with E-state index in [2.05, 4.69) is 22.9 Å². The van der Waals surface area contributed by atoms with Crippen molar-refractivity contribution in [3.63, 3.8) is 0 Å². The van der Waals surface area contributed by atoms with Crippen LogP contribution in [0.25, 0.3) is 0 Å². The van der Waals surface area contributed by atoms with Gasteiger partial charge in [-0.25, -0.2) is 8.78 Å². The molecule has 1 saturated carbocycles. The van der Waals surface area contributed by atoms with Gasteiger partial charge in [0.1, 0.15) is 17.4 Å². The predicted molar refractivity (Wildman–Crippen MR) is 75.8 cm³/mol. The first-order valence-corrected chi connectivity index (χ1v) is 7.56. The highest BCUT2D eigenvalue weighted by Crippen LogP contribution is 2.51. The lowest BCUT2D eigenvalue weighted by molar-refractivity contribution is 0.208. The van der Waals surface area contributed by atoms with Crippen molar-refractivity contribution >= 4 is 15.9 Å². The number of benzene rings is 1. The summed E-state index contributed by atoms with van der Waals surface area (Å²) in [5.74, 6) is -0.858. The van der Waals surface area contributed by atoms with E-state index in [0.717, 1.165) is 25.7 Å². The molecule has 1 nitrogen and oxygen atoms in total. The quantitative estimate of drug-likeness (QED) is 0.675. The fourth-order valence-corrected chi connectivity index (χ4v) is 3.78. The van der Waals surface area contributed by atoms with Gasteiger partial charge in [-0.1, -0.05) is 42.1 Å². The predicted octanol–water partition coefficient (Wildman–Crippen LogP) is 5.38. The number of hydrogen-bond donors (Lipinski definition) is 0. The smallest absolute Gasteiger partial charge is 0.134 e. The van der Waals surface area contributed by atoms with E-state index in [0.29, 0.717) is 0 Å². The number of hydrogen-bond acceptors (Lipinski definition) is 1. The monoisotopic (exact) mass is 332 g/mol. The molecule has 1 aliphatic carbocycles. The Labute approximate surface area is 121 Å². The zero-order chi connectivity index (χ0) is 14.0. The van der Waals surface area contributed by atoms with Crippen molar-refractivity contribution in [1.82, 2.24) is 0 Å². The SMILES string of the molecule is COc1cc(F)c(C(Br)C2(C)CCCCC2)c(F)c1. The van der Waals surface area contributed by atoms with Crippen molar-refractivity contribution in [2.75, 3.05) is 7.11 Å². The lowest BCUT2D eigenvalue weighted by atomic mass is 9.71. The van der Waals surface area contributed by atoms with E-state index in [9.17, 15) is 8.78 Å². The van der Waals surface area contributed by atoms with Crippen LogP contribution in [0.4, 0.5) is 8.78 Å². The highest BCUT2D eigenvalue weighted by molar-refractivity contribution is 9.09. The summed E-state index contributed by atoms with van der Waals surface area (Å²) in [7, 11) is 1.40. The normalized spacial score (nSPS) is 20.1. The van der Waals surface area contributed by atoms with Crippen LogP contribution in [0.15, 0.2) is 12.1 Å². The number of ether oxygens (including phenoxy) is 1. The summed E-state index contributed by atoms with van der Waals surface area (Å²) in [4.78, 5) is -0.300. The van der Waals surface area contributed by atoms with Crippen molar-refractivity contribution in [3.05, 3.63) is 29.3 Å². The molecule has 1 unspecified atom stereocenters. The molecule has 0 aromatic heterocycles. The highest BCUT2D eigenvalue weighted by Gasteiger charge is 2.37. The van der Waals surface area contributed by atoms with E-state index < -0.39 is 11.6 Å². The van der Waals surface area contributed by atoms with Gasteiger partial charge in [0, 0.05) is 17.7 Å². The van der Waals surface area contributed by atoms with Gasteiger partial charge in [-0.2, -0.15) is 0 Å². The molecule has 0 aliphatic heterocycles. The minimum atomic E-state index is -0.537. The minimum Gasteiger partial charge on any atom is -0.497 e. The molecule has 0 heterocycles. The Morgan fingerprint density at radius 3 is 2.16 bits per heavy atom. The van der Waals surface area contributed by atoms with Crippen LogP contribution in [0.3, 0.4) is 0 Å². The van der Waals surface area contributed by atoms with Gasteiger partial charge in [-0.15, -0.1) is 0 Å². The Hall–Kier alpha value is -0.640. The van der Waals surface area contributed by atoms with Gasteiger partial charge in [-0.05, 0) is 18.3 Å². The first kappa shape index (κ1) is 14.8. The molecule has 1 fully saturated rings. The Morgan fingerprint density at radius 2 is 1.68 bits per heavy atom. The summed E-state index contributed by atoms with van der Waals surface area (Å²) in [5, 5.41) is 0. The van der Waals surface area contributed by atoms with E-state index in [1.165, 1.54) is 25.7 Å². The molecule has 1 aromatic rings. The third-order valence-corrected chi connectivity index (χ3v) is 5.71. The summed E-state index contributed by atoms with van der Waals surface area (Å²) in [6.07, 6.45) is 5.44. The standard InChI is InChI=1S/C15H19BrF2O/c1-15(6-4-3-5-7-15)14(16)13-11(17)8-10(19-2)9-12(13)18/h8-9,14H,3-7H2,1-2H3. The van der Waals surface area contributed by atoms with Gasteiger partial charge in [0.25, 0.3) is 0 Å². The van der Waals surface area contributed by atoms with Crippen LogP contribution in [-0.4, -0.2) is 7.11 Å². The minimum absolute atomic E-state index is 0.0888. The van der Waals surface area contributed by atoms with E-state index in [-0.39, 0.29) is 21.6 Å². The molecule has 1 atom stereocenters. The van der Waals surface area contributed by atoms with Crippen LogP contribution in [0.5, 0.6) is 5.75 Å². The van der Waals surface area contributed by atoms with Crippen molar-refractivity contribution < 1.29 is 13.5 Å². The Kier molecular flexibility index (Phi) is 4.49. The first-order valence-electron chi connectivity index (χ1n) is 6.65. The Balaban J connectivity index is 2.35. The van der Waals surface area contributed by atoms with Gasteiger partial charge in [0.05, 0.1) is 11.9 Å². The topological polar surface area (TPSA) is 9.23 Å². The summed E-state index contributed by atoms with van der Waals surface area (Å²) in [6, 6.07) is 2.50. The second-order valence-electron chi connectivity index (χ2n) is 5.58. The fraction of sp³-hybridized carbons (Fsp3) is 0.600. The Morgan fingerprint density at radius 1 is 1.16 bits per heavy atom. The lowest BCUT2D eigenvalue weighted by Crippen LogP contribution is -2.26. The molecular weight excluding hydrogens is 314 g/mol. The largest absolute Gasteiger partial charge is 0.497 e. The highest BCUT2D eigenvalue weighted by atomic mass is 79.9. The molecule has 19 heavy (non-hydrogen) atoms. The molecule has 0 bridgehead atoms. The second kappa shape index (κ2) is 5.78. The number of alkyl halides is 1. The zero-order valence-corrected chi connectivity index (χ0v) is 12.9. The number of methoxy groups -OCH3 is 1. The number of halogens is 3. The van der Waals surface area contributed by atoms with E-state index >= 15 is 0 Å². The van der Waals surface area contributed by atoms with Gasteiger partial charge in [0.15, 0.2) is 0 Å². The molecule has 0 amide bonds. The average Bonchev–Trinajstić information content (AvgIpc) is 2.38. The Bertz CT molecular complexity index is 432. The van der Waals surface area contributed by atoms with Gasteiger partial charge in [-0.3, -0.25) is 0 Å². The molecule has 2 rings (SSSR count). The van der Waals surface area contributed by atoms with E-state index in [1.54, 1.807) is 0 Å². The molecule has 0 saturated heterocycles. The van der Waals surface area contributed by atoms with E-state index in [1.807, 2.05) is 0 Å². The van der Waals surface area contributed by atoms with Crippen LogP contribution < -0.4 is 4.74 Å². The molecule has 0 radical (unpaired) electrons. The third kappa shape index (κ3) is 2.93. The maximum atomic E-state index is 14.1. The molecule has 4 heteroatoms. The van der Waals surface area contributed by atoms with Crippen molar-refractivity contribution in [2.24, 2.45) is 5.41 Å². The fourth-order valence-electron chi connectivity index (χ4n) is 2.88. The van der Waals surface area contributed by atoms with Crippen LogP contribution in [0.1, 0.15) is 49.4 Å². The summed E-state index contributed by atoms with van der Waals surface area (Å²) >= 11 is 3.53. The molecule has 0 spiro atoms. The molecule has 0 N–H and O–H groups in total. The van der Waals surface area contributed by atoms with Crippen LogP contribution in [0, 0.1) is 17.0 Å². The van der Waals surface area contributed by atoms with Gasteiger partial charge >= 0.3 is 0 Å². The first-order chi connectivity index (χ1) is 8.98. The summed E-state index contributed by atoms with van der Waals surface area (Å²) < 4.78 is 33.1. The van der Waals surface area contributed by atoms with Crippen LogP contribution in [0.2, 0.25) is 0 Å². The number of rotatable bonds is 3. The lowest BCUT2D eigenvalue weighted by Gasteiger charge is -2.38. The van der Waals surface area contributed by atoms with Gasteiger partial charge in [0.2, 0.25) is 0 Å². The zero-order valence-electron chi connectivity index (χ0n) is 11.3. The summed E-state index contributed by atoms with van der Waals surface area (Å²) in [5.41, 5.74) is 0.0410. The van der Waals surface area contributed by atoms with Crippen LogP contribution >= 0.6 is 15.9 Å². The second-order valence-corrected chi connectivity index (χ2v) is 6.50. The molecule has 1 aromatic carbocycles. The summed E-state index contributed by atoms with van der Waals surface area (Å²) in [6.45, 7) is 2.11. The molecule has 106 valence electrons. The maximum Gasteiger partial charge on any atom is 0.134 e. The molecular formula is C15H19BrF2O. The third-order valence-electron chi connectivity index (χ3n) is 4.15. The van der Waals surface area contributed by atoms with Crippen LogP contribution in [-0.2, 0) is 0 Å². The van der Waals surface area contributed by atoms with Gasteiger partial charge < -0.3 is 4.74 Å². The maximum absolute atomic E-state index is 14.1.